The average Bonchev–Trinajstić information content (AvgIpc) is 2.82. The van der Waals surface area contributed by atoms with Crippen LogP contribution in [0.4, 0.5) is 0 Å². The van der Waals surface area contributed by atoms with Crippen LogP contribution in [-0.2, 0) is 23.9 Å². The van der Waals surface area contributed by atoms with Gasteiger partial charge in [0.2, 0.25) is 11.8 Å². The molecule has 1 aromatic rings. The molecule has 2 atom stereocenters. The van der Waals surface area contributed by atoms with Crippen molar-refractivity contribution < 1.29 is 29.0 Å². The summed E-state index contributed by atoms with van der Waals surface area (Å²) in [5.74, 6) is -1.53. The predicted molar refractivity (Wildman–Crippen MR) is 126 cm³/mol. The maximum atomic E-state index is 12.8. The van der Waals surface area contributed by atoms with E-state index in [1.165, 1.54) is 0 Å². The Morgan fingerprint density at radius 1 is 1.06 bits per heavy atom. The number of carbonyl (C=O) groups excluding carboxylic acids is 3. The molecule has 0 aliphatic rings. The number of unbranched alkanes of at least 4 members (excludes halogenated alkanes) is 1. The van der Waals surface area contributed by atoms with Gasteiger partial charge in [-0.3, -0.25) is 14.4 Å². The SMILES string of the molecule is C=CCCCC(=O)OC(CNC(=O)C(CC=C)CC(=O)NCCOCCO)c1ccccc1. The van der Waals surface area contributed by atoms with E-state index in [9.17, 15) is 14.4 Å². The molecule has 0 aliphatic heterocycles. The standard InChI is InChI=1S/C25H36N2O6/c1-3-5-7-13-24(30)33-22(20-11-8-6-9-12-20)19-27-25(31)21(10-4-2)18-23(29)26-14-16-32-17-15-28/h3-4,6,8-9,11-12,21-22,28H,1-2,5,7,10,13-19H2,(H,26,29)(H,27,31). The smallest absolute Gasteiger partial charge is 0.306 e. The minimum atomic E-state index is -0.631. The van der Waals surface area contributed by atoms with E-state index >= 15 is 0 Å². The summed E-state index contributed by atoms with van der Waals surface area (Å²) in [6.07, 6.45) is 4.68. The minimum absolute atomic E-state index is 0.00476. The number of carbonyl (C=O) groups is 3. The molecule has 0 saturated heterocycles. The van der Waals surface area contributed by atoms with Crippen LogP contribution in [0, 0.1) is 5.92 Å². The number of aliphatic hydroxyl groups excluding tert-OH is 1. The molecule has 1 aromatic carbocycles. The van der Waals surface area contributed by atoms with Gasteiger partial charge in [0.1, 0.15) is 6.10 Å². The van der Waals surface area contributed by atoms with Gasteiger partial charge in [0, 0.05) is 19.4 Å². The van der Waals surface area contributed by atoms with Gasteiger partial charge < -0.3 is 25.2 Å². The predicted octanol–water partition coefficient (Wildman–Crippen LogP) is 2.45. The van der Waals surface area contributed by atoms with Gasteiger partial charge in [0.05, 0.1) is 32.3 Å². The fourth-order valence-electron chi connectivity index (χ4n) is 3.05. The Morgan fingerprint density at radius 3 is 2.48 bits per heavy atom. The second kappa shape index (κ2) is 17.6. The molecule has 0 spiro atoms. The lowest BCUT2D eigenvalue weighted by Crippen LogP contribution is -2.38. The summed E-state index contributed by atoms with van der Waals surface area (Å²) in [6, 6.07) is 9.21. The van der Waals surface area contributed by atoms with Crippen LogP contribution in [0.1, 0.15) is 43.8 Å². The molecular formula is C25H36N2O6. The van der Waals surface area contributed by atoms with E-state index in [2.05, 4.69) is 23.8 Å². The first-order chi connectivity index (χ1) is 16.0. The van der Waals surface area contributed by atoms with Crippen molar-refractivity contribution in [3.05, 3.63) is 61.2 Å². The van der Waals surface area contributed by atoms with Crippen molar-refractivity contribution in [1.82, 2.24) is 10.6 Å². The molecule has 1 rings (SSSR count). The number of nitrogens with one attached hydrogen (secondary N) is 2. The van der Waals surface area contributed by atoms with Crippen molar-refractivity contribution in [3.63, 3.8) is 0 Å². The zero-order valence-electron chi connectivity index (χ0n) is 19.2. The maximum absolute atomic E-state index is 12.8. The molecule has 8 heteroatoms. The molecule has 0 aliphatic carbocycles. The van der Waals surface area contributed by atoms with E-state index in [0.29, 0.717) is 19.4 Å². The first kappa shape index (κ1) is 28.1. The number of rotatable bonds is 18. The van der Waals surface area contributed by atoms with Crippen LogP contribution in [0.2, 0.25) is 0 Å². The third kappa shape index (κ3) is 12.6. The van der Waals surface area contributed by atoms with Gasteiger partial charge in [-0.2, -0.15) is 0 Å². The van der Waals surface area contributed by atoms with Crippen LogP contribution in [0.15, 0.2) is 55.6 Å². The molecule has 0 fully saturated rings. The zero-order valence-corrected chi connectivity index (χ0v) is 19.2. The summed E-state index contributed by atoms with van der Waals surface area (Å²) in [6.45, 7) is 8.11. The van der Waals surface area contributed by atoms with Crippen molar-refractivity contribution in [2.24, 2.45) is 5.92 Å². The Balaban J connectivity index is 2.65. The lowest BCUT2D eigenvalue weighted by Gasteiger charge is -2.21. The van der Waals surface area contributed by atoms with Gasteiger partial charge in [0.25, 0.3) is 0 Å². The van der Waals surface area contributed by atoms with E-state index in [-0.39, 0.29) is 57.0 Å². The normalized spacial score (nSPS) is 12.3. The summed E-state index contributed by atoms with van der Waals surface area (Å²) in [5, 5.41) is 14.2. The quantitative estimate of drug-likeness (QED) is 0.176. The summed E-state index contributed by atoms with van der Waals surface area (Å²) >= 11 is 0. The topological polar surface area (TPSA) is 114 Å². The monoisotopic (exact) mass is 460 g/mol. The highest BCUT2D eigenvalue weighted by Gasteiger charge is 2.23. The van der Waals surface area contributed by atoms with Crippen molar-refractivity contribution in [1.29, 1.82) is 0 Å². The third-order valence-electron chi connectivity index (χ3n) is 4.75. The van der Waals surface area contributed by atoms with Gasteiger partial charge >= 0.3 is 5.97 Å². The Morgan fingerprint density at radius 2 is 1.82 bits per heavy atom. The lowest BCUT2D eigenvalue weighted by molar-refractivity contribution is -0.150. The Labute approximate surface area is 196 Å². The molecule has 2 unspecified atom stereocenters. The molecule has 0 radical (unpaired) electrons. The molecule has 182 valence electrons. The van der Waals surface area contributed by atoms with Gasteiger partial charge in [-0.15, -0.1) is 13.2 Å². The Hall–Kier alpha value is -2.97. The first-order valence-electron chi connectivity index (χ1n) is 11.2. The molecule has 3 N–H and O–H groups in total. The van der Waals surface area contributed by atoms with E-state index in [1.54, 1.807) is 12.2 Å². The molecule has 8 nitrogen and oxygen atoms in total. The summed E-state index contributed by atoms with van der Waals surface area (Å²) in [5.41, 5.74) is 0.774. The van der Waals surface area contributed by atoms with Gasteiger partial charge in [-0.25, -0.2) is 0 Å². The van der Waals surface area contributed by atoms with Crippen LogP contribution >= 0.6 is 0 Å². The van der Waals surface area contributed by atoms with Crippen LogP contribution in [0.3, 0.4) is 0 Å². The van der Waals surface area contributed by atoms with Gasteiger partial charge in [-0.1, -0.05) is 42.5 Å². The first-order valence-corrected chi connectivity index (χ1v) is 11.2. The minimum Gasteiger partial charge on any atom is -0.456 e. The van der Waals surface area contributed by atoms with E-state index in [0.717, 1.165) is 12.0 Å². The second-order valence-electron chi connectivity index (χ2n) is 7.43. The third-order valence-corrected chi connectivity index (χ3v) is 4.75. The highest BCUT2D eigenvalue weighted by Crippen LogP contribution is 2.19. The number of benzene rings is 1. The van der Waals surface area contributed by atoms with Crippen LogP contribution in [0.5, 0.6) is 0 Å². The van der Waals surface area contributed by atoms with Crippen molar-refractivity contribution in [3.8, 4) is 0 Å². The fraction of sp³-hybridized carbons (Fsp3) is 0.480. The zero-order chi connectivity index (χ0) is 24.3. The fourth-order valence-corrected chi connectivity index (χ4v) is 3.05. The van der Waals surface area contributed by atoms with Gasteiger partial charge in [0.15, 0.2) is 0 Å². The number of hydrogen-bond donors (Lipinski definition) is 3. The van der Waals surface area contributed by atoms with Crippen LogP contribution in [0.25, 0.3) is 0 Å². The maximum Gasteiger partial charge on any atom is 0.306 e. The van der Waals surface area contributed by atoms with E-state index in [1.807, 2.05) is 30.3 Å². The highest BCUT2D eigenvalue weighted by atomic mass is 16.5. The van der Waals surface area contributed by atoms with E-state index in [4.69, 9.17) is 14.6 Å². The molecule has 2 amide bonds. The van der Waals surface area contributed by atoms with Crippen LogP contribution in [-0.4, -0.2) is 55.8 Å². The number of aliphatic hydroxyl groups is 1. The number of allylic oxidation sites excluding steroid dienone is 2. The number of amides is 2. The number of ether oxygens (including phenoxy) is 2. The molecule has 0 saturated carbocycles. The molecule has 33 heavy (non-hydrogen) atoms. The average molecular weight is 461 g/mol. The molecule has 0 bridgehead atoms. The summed E-state index contributed by atoms with van der Waals surface area (Å²) < 4.78 is 10.7. The van der Waals surface area contributed by atoms with Crippen LogP contribution < -0.4 is 10.6 Å². The van der Waals surface area contributed by atoms with Gasteiger partial charge in [-0.05, 0) is 24.8 Å². The molecule has 0 aromatic heterocycles. The van der Waals surface area contributed by atoms with Crippen molar-refractivity contribution in [2.45, 2.75) is 38.2 Å². The van der Waals surface area contributed by atoms with E-state index < -0.39 is 12.0 Å². The van der Waals surface area contributed by atoms with Crippen molar-refractivity contribution in [2.75, 3.05) is 32.9 Å². The number of esters is 1. The second-order valence-corrected chi connectivity index (χ2v) is 7.43. The summed E-state index contributed by atoms with van der Waals surface area (Å²) in [7, 11) is 0. The molecule has 0 heterocycles. The molecular weight excluding hydrogens is 424 g/mol. The Bertz CT molecular complexity index is 738. The van der Waals surface area contributed by atoms with Crippen molar-refractivity contribution >= 4 is 17.8 Å². The summed E-state index contributed by atoms with van der Waals surface area (Å²) in [4.78, 5) is 37.2. The lowest BCUT2D eigenvalue weighted by atomic mass is 9.99. The highest BCUT2D eigenvalue weighted by molar-refractivity contribution is 5.86. The number of hydrogen-bond acceptors (Lipinski definition) is 6. The Kier molecular flexibility index (Phi) is 14.9. The largest absolute Gasteiger partial charge is 0.456 e.